The molecule has 0 fully saturated rings. The van der Waals surface area contributed by atoms with E-state index in [2.05, 4.69) is 0 Å². The van der Waals surface area contributed by atoms with Gasteiger partial charge in [-0.1, -0.05) is 6.92 Å². The largest absolute Gasteiger partial charge is 0.396 e. The van der Waals surface area contributed by atoms with Crippen LogP contribution in [0.1, 0.15) is 26.2 Å². The zero-order valence-electron chi connectivity index (χ0n) is 8.06. The summed E-state index contributed by atoms with van der Waals surface area (Å²) in [6.07, 6.45) is 0.177. The molecule has 0 saturated heterocycles. The second-order valence-electron chi connectivity index (χ2n) is 3.47. The first-order valence-electron chi connectivity index (χ1n) is 4.69. The standard InChI is InChI=1S/C9H20O4/c1-7(4-5-10)9(13)3-2-8(12)6-11/h7-13H,2-6H2,1H3. The van der Waals surface area contributed by atoms with E-state index in [0.717, 1.165) is 0 Å². The van der Waals surface area contributed by atoms with E-state index < -0.39 is 12.2 Å². The highest BCUT2D eigenvalue weighted by Crippen LogP contribution is 2.13. The van der Waals surface area contributed by atoms with Gasteiger partial charge in [-0.15, -0.1) is 0 Å². The maximum Gasteiger partial charge on any atom is 0.0771 e. The second kappa shape index (κ2) is 7.26. The molecule has 0 aliphatic heterocycles. The first-order valence-corrected chi connectivity index (χ1v) is 4.69. The van der Waals surface area contributed by atoms with E-state index in [4.69, 9.17) is 15.3 Å². The summed E-state index contributed by atoms with van der Waals surface area (Å²) < 4.78 is 0. The van der Waals surface area contributed by atoms with E-state index in [0.29, 0.717) is 19.3 Å². The lowest BCUT2D eigenvalue weighted by Crippen LogP contribution is -2.22. The Balaban J connectivity index is 3.54. The van der Waals surface area contributed by atoms with E-state index in [1.807, 2.05) is 6.92 Å². The van der Waals surface area contributed by atoms with Gasteiger partial charge in [-0.2, -0.15) is 0 Å². The molecule has 4 nitrogen and oxygen atoms in total. The van der Waals surface area contributed by atoms with Gasteiger partial charge in [0.05, 0.1) is 18.8 Å². The van der Waals surface area contributed by atoms with Crippen molar-refractivity contribution in [3.63, 3.8) is 0 Å². The molecule has 80 valence electrons. The van der Waals surface area contributed by atoms with Crippen molar-refractivity contribution in [2.75, 3.05) is 13.2 Å². The molecule has 0 heterocycles. The number of aliphatic hydroxyl groups is 4. The monoisotopic (exact) mass is 192 g/mol. The van der Waals surface area contributed by atoms with Gasteiger partial charge in [0.1, 0.15) is 0 Å². The molecule has 3 unspecified atom stereocenters. The smallest absolute Gasteiger partial charge is 0.0771 e. The van der Waals surface area contributed by atoms with Crippen LogP contribution in [-0.2, 0) is 0 Å². The van der Waals surface area contributed by atoms with Crippen molar-refractivity contribution >= 4 is 0 Å². The van der Waals surface area contributed by atoms with Gasteiger partial charge < -0.3 is 20.4 Å². The van der Waals surface area contributed by atoms with Crippen LogP contribution in [0.15, 0.2) is 0 Å². The molecular formula is C9H20O4. The van der Waals surface area contributed by atoms with Gasteiger partial charge in [0.15, 0.2) is 0 Å². The minimum atomic E-state index is -0.740. The van der Waals surface area contributed by atoms with Crippen molar-refractivity contribution in [1.82, 2.24) is 0 Å². The minimum absolute atomic E-state index is 0.0379. The summed E-state index contributed by atoms with van der Waals surface area (Å²) >= 11 is 0. The fraction of sp³-hybridized carbons (Fsp3) is 1.00. The Morgan fingerprint density at radius 2 is 1.62 bits per heavy atom. The van der Waals surface area contributed by atoms with E-state index >= 15 is 0 Å². The summed E-state index contributed by atoms with van der Waals surface area (Å²) in [5.41, 5.74) is 0. The molecule has 13 heavy (non-hydrogen) atoms. The van der Waals surface area contributed by atoms with Crippen LogP contribution >= 0.6 is 0 Å². The van der Waals surface area contributed by atoms with Gasteiger partial charge in [-0.05, 0) is 25.2 Å². The zero-order chi connectivity index (χ0) is 10.3. The lowest BCUT2D eigenvalue weighted by molar-refractivity contribution is 0.0482. The Morgan fingerprint density at radius 1 is 1.00 bits per heavy atom. The predicted octanol–water partition coefficient (Wildman–Crippen LogP) is -0.501. The molecule has 0 radical (unpaired) electrons. The highest BCUT2D eigenvalue weighted by molar-refractivity contribution is 4.66. The van der Waals surface area contributed by atoms with E-state index in [1.165, 1.54) is 0 Å². The molecular weight excluding hydrogens is 172 g/mol. The third-order valence-electron chi connectivity index (χ3n) is 2.25. The molecule has 0 aliphatic rings. The SMILES string of the molecule is CC(CCO)C(O)CCC(O)CO. The maximum atomic E-state index is 9.49. The predicted molar refractivity (Wildman–Crippen MR) is 49.2 cm³/mol. The summed E-state index contributed by atoms with van der Waals surface area (Å²) in [6, 6.07) is 0. The maximum absolute atomic E-state index is 9.49. The van der Waals surface area contributed by atoms with Crippen molar-refractivity contribution in [1.29, 1.82) is 0 Å². The first-order chi connectivity index (χ1) is 6.11. The van der Waals surface area contributed by atoms with E-state index in [-0.39, 0.29) is 19.1 Å². The van der Waals surface area contributed by atoms with Crippen molar-refractivity contribution in [3.8, 4) is 0 Å². The Kier molecular flexibility index (Phi) is 7.17. The van der Waals surface area contributed by atoms with Gasteiger partial charge in [0.25, 0.3) is 0 Å². The van der Waals surface area contributed by atoms with Gasteiger partial charge in [-0.3, -0.25) is 0 Å². The molecule has 0 rings (SSSR count). The van der Waals surface area contributed by atoms with Crippen LogP contribution in [0.5, 0.6) is 0 Å². The van der Waals surface area contributed by atoms with Crippen molar-refractivity contribution in [2.45, 2.75) is 38.4 Å². The van der Waals surface area contributed by atoms with E-state index in [9.17, 15) is 5.11 Å². The quantitative estimate of drug-likeness (QED) is 0.438. The summed E-state index contributed by atoms with van der Waals surface area (Å²) in [5, 5.41) is 35.6. The average molecular weight is 192 g/mol. The van der Waals surface area contributed by atoms with E-state index in [1.54, 1.807) is 0 Å². The van der Waals surface area contributed by atoms with Crippen LogP contribution in [0.25, 0.3) is 0 Å². The molecule has 0 aromatic carbocycles. The molecule has 3 atom stereocenters. The van der Waals surface area contributed by atoms with Crippen LogP contribution in [0.2, 0.25) is 0 Å². The molecule has 0 amide bonds. The van der Waals surface area contributed by atoms with Gasteiger partial charge >= 0.3 is 0 Å². The fourth-order valence-electron chi connectivity index (χ4n) is 1.13. The Hall–Kier alpha value is -0.160. The molecule has 4 N–H and O–H groups in total. The molecule has 0 aromatic rings. The number of aliphatic hydroxyl groups excluding tert-OH is 4. The molecule has 0 aromatic heterocycles. The fourth-order valence-corrected chi connectivity index (χ4v) is 1.13. The second-order valence-corrected chi connectivity index (χ2v) is 3.47. The number of rotatable bonds is 7. The normalized spacial score (nSPS) is 18.2. The Bertz CT molecular complexity index is 118. The third kappa shape index (κ3) is 5.99. The first kappa shape index (κ1) is 12.8. The molecule has 0 bridgehead atoms. The summed E-state index contributed by atoms with van der Waals surface area (Å²) in [4.78, 5) is 0. The number of hydrogen-bond acceptors (Lipinski definition) is 4. The Labute approximate surface area is 78.8 Å². The zero-order valence-corrected chi connectivity index (χ0v) is 8.06. The lowest BCUT2D eigenvalue weighted by atomic mass is 9.96. The highest BCUT2D eigenvalue weighted by Gasteiger charge is 2.14. The van der Waals surface area contributed by atoms with Crippen LogP contribution in [0.3, 0.4) is 0 Å². The van der Waals surface area contributed by atoms with Gasteiger partial charge in [0.2, 0.25) is 0 Å². The molecule has 0 saturated carbocycles. The molecule has 0 spiro atoms. The number of hydrogen-bond donors (Lipinski definition) is 4. The highest BCUT2D eigenvalue weighted by atomic mass is 16.3. The Morgan fingerprint density at radius 3 is 2.08 bits per heavy atom. The summed E-state index contributed by atoms with van der Waals surface area (Å²) in [6.45, 7) is 1.66. The summed E-state index contributed by atoms with van der Waals surface area (Å²) in [7, 11) is 0. The molecule has 4 heteroatoms. The van der Waals surface area contributed by atoms with Crippen LogP contribution in [0, 0.1) is 5.92 Å². The average Bonchev–Trinajstić information content (AvgIpc) is 2.13. The summed E-state index contributed by atoms with van der Waals surface area (Å²) in [5.74, 6) is 0.0379. The van der Waals surface area contributed by atoms with Crippen molar-refractivity contribution in [3.05, 3.63) is 0 Å². The van der Waals surface area contributed by atoms with Crippen LogP contribution in [0.4, 0.5) is 0 Å². The lowest BCUT2D eigenvalue weighted by Gasteiger charge is -2.18. The van der Waals surface area contributed by atoms with Crippen molar-refractivity contribution in [2.24, 2.45) is 5.92 Å². The minimum Gasteiger partial charge on any atom is -0.396 e. The third-order valence-corrected chi connectivity index (χ3v) is 2.25. The topological polar surface area (TPSA) is 80.9 Å². The van der Waals surface area contributed by atoms with Crippen LogP contribution < -0.4 is 0 Å². The van der Waals surface area contributed by atoms with Gasteiger partial charge in [-0.25, -0.2) is 0 Å². The van der Waals surface area contributed by atoms with Gasteiger partial charge in [0, 0.05) is 6.61 Å². The van der Waals surface area contributed by atoms with Crippen molar-refractivity contribution < 1.29 is 20.4 Å². The molecule has 0 aliphatic carbocycles. The van der Waals surface area contributed by atoms with Crippen LogP contribution in [-0.4, -0.2) is 45.8 Å².